The van der Waals surface area contributed by atoms with E-state index in [4.69, 9.17) is 0 Å². The predicted octanol–water partition coefficient (Wildman–Crippen LogP) is 0.0626. The van der Waals surface area contributed by atoms with Crippen molar-refractivity contribution in [2.75, 3.05) is 32.7 Å². The Morgan fingerprint density at radius 2 is 2.00 bits per heavy atom. The Bertz CT molecular complexity index is 612. The summed E-state index contributed by atoms with van der Waals surface area (Å²) in [6.07, 6.45) is 7.92. The van der Waals surface area contributed by atoms with Crippen LogP contribution in [0.2, 0.25) is 0 Å². The van der Waals surface area contributed by atoms with Crippen LogP contribution < -0.4 is 10.6 Å². The summed E-state index contributed by atoms with van der Waals surface area (Å²) >= 11 is 0. The van der Waals surface area contributed by atoms with Crippen molar-refractivity contribution in [2.45, 2.75) is 57.8 Å². The molecule has 150 valence electrons. The third-order valence-electron chi connectivity index (χ3n) is 5.72. The molecule has 2 N–H and O–H groups in total. The van der Waals surface area contributed by atoms with Crippen molar-refractivity contribution in [3.05, 3.63) is 18.7 Å². The number of carbonyl (C=O) groups is 2. The number of likely N-dealkylation sites (tertiary alicyclic amines) is 2. The van der Waals surface area contributed by atoms with Crippen LogP contribution in [0.3, 0.4) is 0 Å². The molecule has 0 saturated carbocycles. The van der Waals surface area contributed by atoms with Crippen LogP contribution >= 0.6 is 0 Å². The molecule has 2 amide bonds. The summed E-state index contributed by atoms with van der Waals surface area (Å²) in [5, 5.41) is 6.08. The number of nitrogens with zero attached hydrogens (tertiary/aromatic N) is 4. The first kappa shape index (κ1) is 19.8. The molecule has 0 aromatic carbocycles. The minimum Gasteiger partial charge on any atom is -0.355 e. The van der Waals surface area contributed by atoms with Crippen LogP contribution in [-0.4, -0.2) is 82.0 Å². The Morgan fingerprint density at radius 3 is 2.63 bits per heavy atom. The Labute approximate surface area is 161 Å². The van der Waals surface area contributed by atoms with Crippen LogP contribution in [0.15, 0.2) is 18.7 Å². The molecule has 3 heterocycles. The summed E-state index contributed by atoms with van der Waals surface area (Å²) in [7, 11) is 0. The van der Waals surface area contributed by atoms with E-state index >= 15 is 0 Å². The summed E-state index contributed by atoms with van der Waals surface area (Å²) < 4.78 is 1.75. The first-order valence-corrected chi connectivity index (χ1v) is 10.1. The quantitative estimate of drug-likeness (QED) is 0.703. The summed E-state index contributed by atoms with van der Waals surface area (Å²) in [6.45, 7) is 9.02. The fourth-order valence-electron chi connectivity index (χ4n) is 4.31. The molecule has 2 fully saturated rings. The molecule has 0 bridgehead atoms. The van der Waals surface area contributed by atoms with E-state index in [1.54, 1.807) is 23.3 Å². The van der Waals surface area contributed by atoms with Crippen molar-refractivity contribution in [2.24, 2.45) is 0 Å². The average molecular weight is 377 g/mol. The molecular formula is C19H32N6O2. The zero-order valence-corrected chi connectivity index (χ0v) is 16.4. The molecule has 8 heteroatoms. The Kier molecular flexibility index (Phi) is 6.84. The van der Waals surface area contributed by atoms with Crippen LogP contribution in [0, 0.1) is 0 Å². The predicted molar refractivity (Wildman–Crippen MR) is 103 cm³/mol. The van der Waals surface area contributed by atoms with Gasteiger partial charge in [0.1, 0.15) is 6.54 Å². The summed E-state index contributed by atoms with van der Waals surface area (Å²) in [4.78, 5) is 33.7. The summed E-state index contributed by atoms with van der Waals surface area (Å²) in [5.41, 5.74) is 0. The maximum Gasteiger partial charge on any atom is 0.240 e. The number of imidazole rings is 1. The first-order valence-electron chi connectivity index (χ1n) is 10.1. The van der Waals surface area contributed by atoms with Gasteiger partial charge in [0.15, 0.2) is 0 Å². The number of nitrogens with one attached hydrogen (secondary N) is 2. The van der Waals surface area contributed by atoms with Gasteiger partial charge in [0, 0.05) is 37.6 Å². The van der Waals surface area contributed by atoms with E-state index in [0.717, 1.165) is 39.0 Å². The van der Waals surface area contributed by atoms with E-state index in [2.05, 4.69) is 32.3 Å². The SMILES string of the molecule is CCNC(=O)[C@@H]1C[C@H](NC(=O)Cn2ccnc2)CN1C1CCN(CC)CC1. The molecule has 2 saturated heterocycles. The lowest BCUT2D eigenvalue weighted by molar-refractivity contribution is -0.126. The molecular weight excluding hydrogens is 344 g/mol. The van der Waals surface area contributed by atoms with Gasteiger partial charge < -0.3 is 20.1 Å². The summed E-state index contributed by atoms with van der Waals surface area (Å²) in [6, 6.07) is 0.274. The average Bonchev–Trinajstić information content (AvgIpc) is 3.32. The fourth-order valence-corrected chi connectivity index (χ4v) is 4.31. The molecule has 2 aliphatic rings. The highest BCUT2D eigenvalue weighted by Crippen LogP contribution is 2.26. The molecule has 0 unspecified atom stereocenters. The molecule has 2 aliphatic heterocycles. The second kappa shape index (κ2) is 9.32. The van der Waals surface area contributed by atoms with Gasteiger partial charge in [0.05, 0.1) is 12.4 Å². The molecule has 2 atom stereocenters. The Morgan fingerprint density at radius 1 is 1.22 bits per heavy atom. The van der Waals surface area contributed by atoms with Gasteiger partial charge in [-0.2, -0.15) is 0 Å². The van der Waals surface area contributed by atoms with Gasteiger partial charge in [0.25, 0.3) is 0 Å². The van der Waals surface area contributed by atoms with E-state index in [9.17, 15) is 9.59 Å². The maximum absolute atomic E-state index is 12.6. The summed E-state index contributed by atoms with van der Waals surface area (Å²) in [5.74, 6) is 0.0529. The largest absolute Gasteiger partial charge is 0.355 e. The van der Waals surface area contributed by atoms with Gasteiger partial charge in [-0.05, 0) is 45.8 Å². The van der Waals surface area contributed by atoms with E-state index in [1.165, 1.54) is 0 Å². The van der Waals surface area contributed by atoms with Crippen LogP contribution in [0.1, 0.15) is 33.1 Å². The Balaban J connectivity index is 1.60. The van der Waals surface area contributed by atoms with Gasteiger partial charge in [-0.1, -0.05) is 6.92 Å². The smallest absolute Gasteiger partial charge is 0.240 e. The number of aromatic nitrogens is 2. The fraction of sp³-hybridized carbons (Fsp3) is 0.737. The lowest BCUT2D eigenvalue weighted by atomic mass is 10.0. The van der Waals surface area contributed by atoms with Crippen molar-refractivity contribution in [1.29, 1.82) is 0 Å². The van der Waals surface area contributed by atoms with Gasteiger partial charge in [-0.25, -0.2) is 4.98 Å². The van der Waals surface area contributed by atoms with E-state index in [0.29, 0.717) is 19.0 Å². The van der Waals surface area contributed by atoms with Crippen LogP contribution in [0.5, 0.6) is 0 Å². The molecule has 3 rings (SSSR count). The van der Waals surface area contributed by atoms with Crippen LogP contribution in [0.4, 0.5) is 0 Å². The van der Waals surface area contributed by atoms with Crippen molar-refractivity contribution >= 4 is 11.8 Å². The van der Waals surface area contributed by atoms with Crippen LogP contribution in [-0.2, 0) is 16.1 Å². The maximum atomic E-state index is 12.6. The minimum absolute atomic E-state index is 0.0119. The molecule has 0 spiro atoms. The lowest BCUT2D eigenvalue weighted by Gasteiger charge is -2.38. The Hall–Kier alpha value is -1.93. The van der Waals surface area contributed by atoms with E-state index in [1.807, 2.05) is 6.92 Å². The monoisotopic (exact) mass is 376 g/mol. The lowest BCUT2D eigenvalue weighted by Crippen LogP contribution is -2.51. The van der Waals surface area contributed by atoms with E-state index in [-0.39, 0.29) is 30.4 Å². The van der Waals surface area contributed by atoms with Gasteiger partial charge in [0.2, 0.25) is 11.8 Å². The molecule has 1 aromatic rings. The second-order valence-corrected chi connectivity index (χ2v) is 7.51. The highest BCUT2D eigenvalue weighted by molar-refractivity contribution is 5.82. The third kappa shape index (κ3) is 5.07. The number of carbonyl (C=O) groups excluding carboxylic acids is 2. The number of piperidine rings is 1. The molecule has 0 radical (unpaired) electrons. The van der Waals surface area contributed by atoms with Crippen LogP contribution in [0.25, 0.3) is 0 Å². The van der Waals surface area contributed by atoms with Gasteiger partial charge in [-0.3, -0.25) is 14.5 Å². The third-order valence-corrected chi connectivity index (χ3v) is 5.72. The number of likely N-dealkylation sites (N-methyl/N-ethyl adjacent to an activating group) is 1. The zero-order chi connectivity index (χ0) is 19.2. The number of rotatable bonds is 7. The number of hydrogen-bond acceptors (Lipinski definition) is 5. The zero-order valence-electron chi connectivity index (χ0n) is 16.4. The molecule has 1 aromatic heterocycles. The molecule has 0 aliphatic carbocycles. The first-order chi connectivity index (χ1) is 13.1. The minimum atomic E-state index is -0.151. The van der Waals surface area contributed by atoms with Crippen molar-refractivity contribution in [1.82, 2.24) is 30.0 Å². The van der Waals surface area contributed by atoms with Crippen molar-refractivity contribution in [3.63, 3.8) is 0 Å². The van der Waals surface area contributed by atoms with Gasteiger partial charge in [-0.15, -0.1) is 0 Å². The topological polar surface area (TPSA) is 82.5 Å². The molecule has 27 heavy (non-hydrogen) atoms. The normalized spacial score (nSPS) is 24.8. The van der Waals surface area contributed by atoms with Gasteiger partial charge >= 0.3 is 0 Å². The standard InChI is InChI=1S/C19H32N6O2/c1-3-21-19(27)17-11-15(22-18(26)13-24-10-7-20-14-24)12-25(17)16-5-8-23(4-2)9-6-16/h7,10,14-17H,3-6,8-9,11-13H2,1-2H3,(H,21,27)(H,22,26)/t15-,17-/m0/s1. The van der Waals surface area contributed by atoms with Crippen molar-refractivity contribution in [3.8, 4) is 0 Å². The highest BCUT2D eigenvalue weighted by Gasteiger charge is 2.41. The number of hydrogen-bond donors (Lipinski definition) is 2. The number of amides is 2. The molecule has 8 nitrogen and oxygen atoms in total. The highest BCUT2D eigenvalue weighted by atomic mass is 16.2. The van der Waals surface area contributed by atoms with E-state index < -0.39 is 0 Å². The van der Waals surface area contributed by atoms with Crippen molar-refractivity contribution < 1.29 is 9.59 Å². The second-order valence-electron chi connectivity index (χ2n) is 7.51.